The number of thiophene rings is 1. The molecule has 0 N–H and O–H groups in total. The van der Waals surface area contributed by atoms with Crippen LogP contribution in [0.2, 0.25) is 0 Å². The first-order chi connectivity index (χ1) is 7.38. The van der Waals surface area contributed by atoms with Crippen molar-refractivity contribution in [2.45, 2.75) is 6.18 Å². The Hall–Kier alpha value is -0.880. The molecule has 0 saturated carbocycles. The van der Waals surface area contributed by atoms with Gasteiger partial charge in [-0.05, 0) is 29.7 Å². The molecule has 0 atom stereocenters. The van der Waals surface area contributed by atoms with Crippen molar-refractivity contribution >= 4 is 43.1 Å². The summed E-state index contributed by atoms with van der Waals surface area (Å²) in [6.07, 6.45) is -4.81. The maximum Gasteiger partial charge on any atom is 0.455 e. The molecule has 16 heavy (non-hydrogen) atoms. The van der Waals surface area contributed by atoms with E-state index in [0.29, 0.717) is 10.1 Å². The van der Waals surface area contributed by atoms with Gasteiger partial charge in [0.1, 0.15) is 0 Å². The number of ketones is 1. The predicted molar refractivity (Wildman–Crippen MR) is 59.9 cm³/mol. The second kappa shape index (κ2) is 3.85. The highest BCUT2D eigenvalue weighted by Crippen LogP contribution is 2.32. The number of fused-ring (bicyclic) bond motifs is 1. The number of hydrogen-bond acceptors (Lipinski definition) is 2. The van der Waals surface area contributed by atoms with Crippen LogP contribution in [0.25, 0.3) is 10.1 Å². The molecule has 6 heteroatoms. The van der Waals surface area contributed by atoms with Crippen LogP contribution in [0.15, 0.2) is 28.7 Å². The highest BCUT2D eigenvalue weighted by atomic mass is 79.9. The van der Waals surface area contributed by atoms with Gasteiger partial charge in [-0.15, -0.1) is 11.3 Å². The molecule has 0 aliphatic heterocycles. The largest absolute Gasteiger partial charge is 0.455 e. The molecule has 0 spiro atoms. The second-order valence-corrected chi connectivity index (χ2v) is 5.12. The van der Waals surface area contributed by atoms with Crippen molar-refractivity contribution in [1.82, 2.24) is 0 Å². The highest BCUT2D eigenvalue weighted by molar-refractivity contribution is 9.10. The van der Waals surface area contributed by atoms with Gasteiger partial charge in [-0.2, -0.15) is 13.2 Å². The van der Waals surface area contributed by atoms with Gasteiger partial charge in [0.15, 0.2) is 0 Å². The topological polar surface area (TPSA) is 17.1 Å². The minimum atomic E-state index is -4.81. The summed E-state index contributed by atoms with van der Waals surface area (Å²) < 4.78 is 38.0. The smallest absolute Gasteiger partial charge is 0.283 e. The molecule has 2 rings (SSSR count). The highest BCUT2D eigenvalue weighted by Gasteiger charge is 2.40. The predicted octanol–water partition coefficient (Wildman–Crippen LogP) is 4.41. The fourth-order valence-corrected chi connectivity index (χ4v) is 2.65. The van der Waals surface area contributed by atoms with E-state index in [2.05, 4.69) is 15.9 Å². The number of alkyl halides is 3. The van der Waals surface area contributed by atoms with Crippen molar-refractivity contribution < 1.29 is 18.0 Å². The molecule has 1 heterocycles. The van der Waals surface area contributed by atoms with Crippen LogP contribution in [0.1, 0.15) is 9.67 Å². The monoisotopic (exact) mass is 308 g/mol. The lowest BCUT2D eigenvalue weighted by molar-refractivity contribution is -0.0882. The molecular formula is C10H4BrF3OS. The first kappa shape index (κ1) is 11.6. The molecule has 0 aliphatic rings. The van der Waals surface area contributed by atoms with E-state index >= 15 is 0 Å². The van der Waals surface area contributed by atoms with Gasteiger partial charge >= 0.3 is 6.18 Å². The molecule has 0 aliphatic carbocycles. The van der Waals surface area contributed by atoms with Crippen molar-refractivity contribution in [1.29, 1.82) is 0 Å². The summed E-state index contributed by atoms with van der Waals surface area (Å²) in [5.41, 5.74) is 0. The van der Waals surface area contributed by atoms with Crippen LogP contribution in [0.3, 0.4) is 0 Å². The lowest BCUT2D eigenvalue weighted by Crippen LogP contribution is -2.21. The molecular weight excluding hydrogens is 305 g/mol. The van der Waals surface area contributed by atoms with E-state index in [1.165, 1.54) is 6.07 Å². The van der Waals surface area contributed by atoms with E-state index in [-0.39, 0.29) is 4.88 Å². The first-order valence-corrected chi connectivity index (χ1v) is 5.79. The summed E-state index contributed by atoms with van der Waals surface area (Å²) in [5.74, 6) is -1.79. The van der Waals surface area contributed by atoms with E-state index in [0.717, 1.165) is 15.8 Å². The average Bonchev–Trinajstić information content (AvgIpc) is 2.57. The average molecular weight is 309 g/mol. The van der Waals surface area contributed by atoms with Crippen molar-refractivity contribution in [3.8, 4) is 0 Å². The summed E-state index contributed by atoms with van der Waals surface area (Å²) in [6.45, 7) is 0. The maximum atomic E-state index is 12.2. The number of halogens is 4. The number of carbonyl (C=O) groups is 1. The van der Waals surface area contributed by atoms with Gasteiger partial charge in [-0.1, -0.05) is 15.9 Å². The summed E-state index contributed by atoms with van der Waals surface area (Å²) in [7, 11) is 0. The number of carbonyl (C=O) groups excluding carboxylic acids is 1. The summed E-state index contributed by atoms with van der Waals surface area (Å²) in [4.78, 5) is 10.7. The molecule has 84 valence electrons. The Morgan fingerprint density at radius 1 is 1.25 bits per heavy atom. The molecule has 1 aromatic heterocycles. The standard InChI is InChI=1S/C10H4BrF3OS/c11-6-1-2-7-5(3-6)4-8(16-7)9(15)10(12,13)14/h1-4H. The van der Waals surface area contributed by atoms with Crippen molar-refractivity contribution in [3.63, 3.8) is 0 Å². The Balaban J connectivity index is 2.52. The summed E-state index contributed by atoms with van der Waals surface area (Å²) >= 11 is 4.07. The van der Waals surface area contributed by atoms with Crippen LogP contribution >= 0.6 is 27.3 Å². The number of benzene rings is 1. The third-order valence-electron chi connectivity index (χ3n) is 1.96. The van der Waals surface area contributed by atoms with Crippen LogP contribution in [0, 0.1) is 0 Å². The van der Waals surface area contributed by atoms with Crippen LogP contribution in [-0.2, 0) is 0 Å². The Labute approximate surface area is 101 Å². The Kier molecular flexibility index (Phi) is 2.79. The molecule has 1 nitrogen and oxygen atoms in total. The van der Waals surface area contributed by atoms with Gasteiger partial charge in [0.25, 0.3) is 5.78 Å². The molecule has 0 fully saturated rings. The van der Waals surface area contributed by atoms with Crippen molar-refractivity contribution in [3.05, 3.63) is 33.6 Å². The lowest BCUT2D eigenvalue weighted by Gasteiger charge is -2.00. The first-order valence-electron chi connectivity index (χ1n) is 4.18. The van der Waals surface area contributed by atoms with E-state index in [1.807, 2.05) is 0 Å². The van der Waals surface area contributed by atoms with E-state index in [1.54, 1.807) is 18.2 Å². The summed E-state index contributed by atoms with van der Waals surface area (Å²) in [6, 6.07) is 6.34. The summed E-state index contributed by atoms with van der Waals surface area (Å²) in [5, 5.41) is 0.631. The lowest BCUT2D eigenvalue weighted by atomic mass is 10.2. The quantitative estimate of drug-likeness (QED) is 0.713. The van der Waals surface area contributed by atoms with Gasteiger partial charge in [-0.25, -0.2) is 0 Å². The minimum Gasteiger partial charge on any atom is -0.283 e. The Bertz CT molecular complexity index is 559. The SMILES string of the molecule is O=C(c1cc2cc(Br)ccc2s1)C(F)(F)F. The van der Waals surface area contributed by atoms with E-state index < -0.39 is 12.0 Å². The zero-order valence-corrected chi connectivity index (χ0v) is 10.0. The fraction of sp³-hybridized carbons (Fsp3) is 0.100. The normalized spacial score (nSPS) is 12.0. The van der Waals surface area contributed by atoms with Gasteiger partial charge in [0, 0.05) is 9.17 Å². The van der Waals surface area contributed by atoms with E-state index in [4.69, 9.17) is 0 Å². The van der Waals surface area contributed by atoms with Crippen molar-refractivity contribution in [2.75, 3.05) is 0 Å². The van der Waals surface area contributed by atoms with Crippen LogP contribution in [0.4, 0.5) is 13.2 Å². The molecule has 0 saturated heterocycles. The number of Topliss-reactive ketones (excluding diaryl/α,β-unsaturated/α-hetero) is 1. The number of hydrogen-bond donors (Lipinski definition) is 0. The second-order valence-electron chi connectivity index (χ2n) is 3.12. The molecule has 2 aromatic rings. The molecule has 0 bridgehead atoms. The molecule has 1 aromatic carbocycles. The number of rotatable bonds is 1. The maximum absolute atomic E-state index is 12.2. The third kappa shape index (κ3) is 2.12. The Morgan fingerprint density at radius 2 is 1.94 bits per heavy atom. The minimum absolute atomic E-state index is 0.277. The molecule has 0 unspecified atom stereocenters. The fourth-order valence-electron chi connectivity index (χ4n) is 1.27. The Morgan fingerprint density at radius 3 is 2.56 bits per heavy atom. The van der Waals surface area contributed by atoms with Gasteiger partial charge in [0.05, 0.1) is 4.88 Å². The van der Waals surface area contributed by atoms with E-state index in [9.17, 15) is 18.0 Å². The third-order valence-corrected chi connectivity index (χ3v) is 3.57. The van der Waals surface area contributed by atoms with Crippen LogP contribution < -0.4 is 0 Å². The van der Waals surface area contributed by atoms with Crippen molar-refractivity contribution in [2.24, 2.45) is 0 Å². The van der Waals surface area contributed by atoms with Crippen LogP contribution in [0.5, 0.6) is 0 Å². The van der Waals surface area contributed by atoms with Crippen LogP contribution in [-0.4, -0.2) is 12.0 Å². The van der Waals surface area contributed by atoms with Gasteiger partial charge in [-0.3, -0.25) is 4.79 Å². The molecule has 0 amide bonds. The van der Waals surface area contributed by atoms with Gasteiger partial charge in [0.2, 0.25) is 0 Å². The zero-order chi connectivity index (χ0) is 11.9. The van der Waals surface area contributed by atoms with Gasteiger partial charge < -0.3 is 0 Å². The zero-order valence-electron chi connectivity index (χ0n) is 7.64. The molecule has 0 radical (unpaired) electrons.